The molecule has 0 spiro atoms. The van der Waals surface area contributed by atoms with Gasteiger partial charge in [0.2, 0.25) is 0 Å². The monoisotopic (exact) mass is 158 g/mol. The highest BCUT2D eigenvalue weighted by Gasteiger charge is 2.20. The van der Waals surface area contributed by atoms with Gasteiger partial charge < -0.3 is 10.6 Å². The molecule has 11 heavy (non-hydrogen) atoms. The van der Waals surface area contributed by atoms with Crippen LogP contribution in [0.3, 0.4) is 0 Å². The molecule has 0 saturated heterocycles. The number of hydrogen-bond acceptors (Lipinski definition) is 2. The van der Waals surface area contributed by atoms with Gasteiger partial charge in [0.1, 0.15) is 0 Å². The van der Waals surface area contributed by atoms with Crippen molar-refractivity contribution < 1.29 is 0 Å². The highest BCUT2D eigenvalue weighted by molar-refractivity contribution is 4.82. The van der Waals surface area contributed by atoms with Crippen LogP contribution in [0.1, 0.15) is 33.1 Å². The zero-order valence-electron chi connectivity index (χ0n) is 8.28. The van der Waals surface area contributed by atoms with Crippen molar-refractivity contribution in [1.82, 2.24) is 10.6 Å². The maximum absolute atomic E-state index is 3.29. The molecule has 2 atom stereocenters. The molecule has 1 rings (SSSR count). The van der Waals surface area contributed by atoms with Gasteiger partial charge in [0, 0.05) is 12.1 Å². The highest BCUT2D eigenvalue weighted by atomic mass is 14.9. The summed E-state index contributed by atoms with van der Waals surface area (Å²) in [6.45, 7) is 4.00. The van der Waals surface area contributed by atoms with E-state index in [1.165, 1.54) is 19.3 Å². The molecule has 1 saturated carbocycles. The van der Waals surface area contributed by atoms with Gasteiger partial charge in [0.15, 0.2) is 0 Å². The molecule has 0 amide bonds. The van der Waals surface area contributed by atoms with Gasteiger partial charge in [-0.2, -0.15) is 0 Å². The summed E-state index contributed by atoms with van der Waals surface area (Å²) >= 11 is 0. The van der Waals surface area contributed by atoms with Crippen LogP contribution in [0.5, 0.6) is 0 Å². The summed E-state index contributed by atoms with van der Waals surface area (Å²) in [5.74, 6) is 0. The first-order valence-corrected chi connectivity index (χ1v) is 4.71. The molecule has 2 unspecified atom stereocenters. The molecule has 0 radical (unpaired) electrons. The van der Waals surface area contributed by atoms with Crippen molar-refractivity contribution in [2.24, 2.45) is 0 Å². The first kappa shape index (κ1) is 10.9. The van der Waals surface area contributed by atoms with Crippen molar-refractivity contribution in [3.05, 3.63) is 0 Å². The van der Waals surface area contributed by atoms with E-state index in [1.807, 2.05) is 27.9 Å². The van der Waals surface area contributed by atoms with Crippen LogP contribution < -0.4 is 10.6 Å². The smallest absolute Gasteiger partial charge is 0.00794 e. The highest BCUT2D eigenvalue weighted by Crippen LogP contribution is 2.17. The Bertz CT molecular complexity index is 73.6. The van der Waals surface area contributed by atoms with Crippen LogP contribution in [0.2, 0.25) is 0 Å². The Hall–Kier alpha value is -0.0800. The first-order valence-electron chi connectivity index (χ1n) is 4.71. The molecular weight excluding hydrogens is 136 g/mol. The van der Waals surface area contributed by atoms with Crippen molar-refractivity contribution in [1.29, 1.82) is 0 Å². The Labute approximate surface area is 70.8 Å². The van der Waals surface area contributed by atoms with Gasteiger partial charge in [0.25, 0.3) is 0 Å². The lowest BCUT2D eigenvalue weighted by Crippen LogP contribution is -2.26. The minimum Gasteiger partial charge on any atom is -0.317 e. The molecule has 1 aliphatic carbocycles. The molecule has 0 aromatic carbocycles. The Balaban J connectivity index is 0.000000461. The molecule has 1 aliphatic rings. The van der Waals surface area contributed by atoms with Gasteiger partial charge in [-0.05, 0) is 33.4 Å². The summed E-state index contributed by atoms with van der Waals surface area (Å²) in [6, 6.07) is 1.53. The Morgan fingerprint density at radius 2 is 1.27 bits per heavy atom. The summed E-state index contributed by atoms with van der Waals surface area (Å²) in [4.78, 5) is 0. The fraction of sp³-hybridized carbons (Fsp3) is 1.00. The van der Waals surface area contributed by atoms with E-state index in [4.69, 9.17) is 0 Å². The SMILES string of the molecule is CC.CNC1CCC(NC)C1. The summed E-state index contributed by atoms with van der Waals surface area (Å²) in [7, 11) is 4.09. The second-order valence-electron chi connectivity index (χ2n) is 2.78. The zero-order valence-corrected chi connectivity index (χ0v) is 8.28. The summed E-state index contributed by atoms with van der Waals surface area (Å²) in [6.07, 6.45) is 3.97. The minimum atomic E-state index is 0.766. The summed E-state index contributed by atoms with van der Waals surface area (Å²) in [5.41, 5.74) is 0. The van der Waals surface area contributed by atoms with Gasteiger partial charge in [-0.15, -0.1) is 0 Å². The maximum atomic E-state index is 3.29. The van der Waals surface area contributed by atoms with Crippen molar-refractivity contribution in [2.75, 3.05) is 14.1 Å². The zero-order chi connectivity index (χ0) is 8.69. The quantitative estimate of drug-likeness (QED) is 0.634. The third-order valence-electron chi connectivity index (χ3n) is 2.25. The van der Waals surface area contributed by atoms with Gasteiger partial charge >= 0.3 is 0 Å². The third-order valence-corrected chi connectivity index (χ3v) is 2.25. The third kappa shape index (κ3) is 3.73. The predicted molar refractivity (Wildman–Crippen MR) is 50.9 cm³/mol. The molecule has 2 N–H and O–H groups in total. The molecule has 1 fully saturated rings. The van der Waals surface area contributed by atoms with E-state index in [-0.39, 0.29) is 0 Å². The van der Waals surface area contributed by atoms with Crippen molar-refractivity contribution in [3.8, 4) is 0 Å². The van der Waals surface area contributed by atoms with Crippen LogP contribution in [-0.4, -0.2) is 26.2 Å². The maximum Gasteiger partial charge on any atom is 0.00794 e. The van der Waals surface area contributed by atoms with Crippen LogP contribution in [0.25, 0.3) is 0 Å². The van der Waals surface area contributed by atoms with E-state index in [0.29, 0.717) is 0 Å². The second-order valence-corrected chi connectivity index (χ2v) is 2.78. The Morgan fingerprint density at radius 1 is 0.909 bits per heavy atom. The van der Waals surface area contributed by atoms with Crippen molar-refractivity contribution >= 4 is 0 Å². The first-order chi connectivity index (χ1) is 5.36. The average molecular weight is 158 g/mol. The van der Waals surface area contributed by atoms with E-state index in [2.05, 4.69) is 10.6 Å². The number of hydrogen-bond donors (Lipinski definition) is 2. The predicted octanol–water partition coefficient (Wildman–Crippen LogP) is 1.37. The van der Waals surface area contributed by atoms with Gasteiger partial charge in [-0.1, -0.05) is 13.8 Å². The lowest BCUT2D eigenvalue weighted by Gasteiger charge is -2.08. The van der Waals surface area contributed by atoms with Gasteiger partial charge in [-0.25, -0.2) is 0 Å². The second kappa shape index (κ2) is 6.62. The van der Waals surface area contributed by atoms with E-state index in [1.54, 1.807) is 0 Å². The standard InChI is InChI=1S/C7H16N2.C2H6/c1-8-6-3-4-7(5-6)9-2;1-2/h6-9H,3-5H2,1-2H3;1-2H3. The summed E-state index contributed by atoms with van der Waals surface area (Å²) < 4.78 is 0. The number of rotatable bonds is 2. The van der Waals surface area contributed by atoms with E-state index >= 15 is 0 Å². The molecule has 0 aromatic rings. The van der Waals surface area contributed by atoms with E-state index in [0.717, 1.165) is 12.1 Å². The Morgan fingerprint density at radius 3 is 1.45 bits per heavy atom. The largest absolute Gasteiger partial charge is 0.317 e. The molecule has 0 heterocycles. The van der Waals surface area contributed by atoms with Gasteiger partial charge in [-0.3, -0.25) is 0 Å². The molecular formula is C9H22N2. The fourth-order valence-corrected chi connectivity index (χ4v) is 1.51. The molecule has 0 bridgehead atoms. The van der Waals surface area contributed by atoms with Crippen LogP contribution in [-0.2, 0) is 0 Å². The van der Waals surface area contributed by atoms with E-state index in [9.17, 15) is 0 Å². The normalized spacial score (nSPS) is 29.5. The average Bonchev–Trinajstić information content (AvgIpc) is 2.55. The van der Waals surface area contributed by atoms with Crippen molar-refractivity contribution in [2.45, 2.75) is 45.2 Å². The lowest BCUT2D eigenvalue weighted by atomic mass is 10.2. The van der Waals surface area contributed by atoms with Crippen LogP contribution >= 0.6 is 0 Å². The minimum absolute atomic E-state index is 0.766. The van der Waals surface area contributed by atoms with Crippen molar-refractivity contribution in [3.63, 3.8) is 0 Å². The molecule has 0 aromatic heterocycles. The van der Waals surface area contributed by atoms with E-state index < -0.39 is 0 Å². The molecule has 2 nitrogen and oxygen atoms in total. The summed E-state index contributed by atoms with van der Waals surface area (Å²) in [5, 5.41) is 6.58. The van der Waals surface area contributed by atoms with Crippen LogP contribution in [0.4, 0.5) is 0 Å². The molecule has 68 valence electrons. The Kier molecular flexibility index (Phi) is 6.57. The topological polar surface area (TPSA) is 24.1 Å². The molecule has 2 heteroatoms. The van der Waals surface area contributed by atoms with Crippen LogP contribution in [0, 0.1) is 0 Å². The molecule has 0 aliphatic heterocycles. The number of nitrogens with one attached hydrogen (secondary N) is 2. The fourth-order valence-electron chi connectivity index (χ4n) is 1.51. The lowest BCUT2D eigenvalue weighted by molar-refractivity contribution is 0.536. The van der Waals surface area contributed by atoms with Crippen LogP contribution in [0.15, 0.2) is 0 Å². The van der Waals surface area contributed by atoms with Gasteiger partial charge in [0.05, 0.1) is 0 Å².